The highest BCUT2D eigenvalue weighted by atomic mass is 31.1. The van der Waals surface area contributed by atoms with Crippen LogP contribution in [0.25, 0.3) is 0 Å². The van der Waals surface area contributed by atoms with Gasteiger partial charge in [0.25, 0.3) is 0 Å². The Morgan fingerprint density at radius 1 is 0.548 bits per heavy atom. The molecule has 8 rings (SSSR count). The molecular weight excluding hydrogens is 542 g/mol. The predicted molar refractivity (Wildman–Crippen MR) is 183 cm³/mol. The molecule has 204 valence electrons. The highest BCUT2D eigenvalue weighted by molar-refractivity contribution is 7.80. The normalized spacial score (nSPS) is 20.6. The van der Waals surface area contributed by atoms with Crippen LogP contribution in [0.4, 0.5) is 0 Å². The molecule has 3 aliphatic rings. The summed E-state index contributed by atoms with van der Waals surface area (Å²) < 4.78 is 0. The fourth-order valence-electron chi connectivity index (χ4n) is 7.60. The number of hydrogen-bond donors (Lipinski definition) is 0. The highest BCUT2D eigenvalue weighted by Crippen LogP contribution is 2.68. The Morgan fingerprint density at radius 2 is 1.10 bits per heavy atom. The second-order valence-electron chi connectivity index (χ2n) is 11.7. The SMILES string of the molecule is C1=CC2CCC2(P(c2ccccc2)c2ccccc2)C2=C1Cc1cccc(P(c3ccccc3)c3ccccc3)c1C2. The number of hydrogen-bond acceptors (Lipinski definition) is 0. The van der Waals surface area contributed by atoms with E-state index < -0.39 is 15.8 Å². The van der Waals surface area contributed by atoms with Crippen molar-refractivity contribution < 1.29 is 0 Å². The molecule has 0 N–H and O–H groups in total. The molecule has 2 unspecified atom stereocenters. The fraction of sp³-hybridized carbons (Fsp3) is 0.150. The second-order valence-corrected chi connectivity index (χ2v) is 16.4. The van der Waals surface area contributed by atoms with Crippen molar-refractivity contribution in [3.63, 3.8) is 0 Å². The second kappa shape index (κ2) is 10.9. The van der Waals surface area contributed by atoms with Crippen molar-refractivity contribution in [2.75, 3.05) is 0 Å². The third kappa shape index (κ3) is 4.28. The average molecular weight is 577 g/mol. The third-order valence-corrected chi connectivity index (χ3v) is 15.4. The summed E-state index contributed by atoms with van der Waals surface area (Å²) in [5.41, 5.74) is 6.42. The van der Waals surface area contributed by atoms with Crippen molar-refractivity contribution in [1.82, 2.24) is 0 Å². The van der Waals surface area contributed by atoms with Crippen LogP contribution in [-0.2, 0) is 12.8 Å². The van der Waals surface area contributed by atoms with Gasteiger partial charge in [0, 0.05) is 5.16 Å². The summed E-state index contributed by atoms with van der Waals surface area (Å²) in [5.74, 6) is 0.612. The molecule has 0 amide bonds. The highest BCUT2D eigenvalue weighted by Gasteiger charge is 2.56. The molecule has 0 radical (unpaired) electrons. The number of allylic oxidation sites excluding steroid dienone is 4. The summed E-state index contributed by atoms with van der Waals surface area (Å²) in [6.45, 7) is 0. The molecule has 2 atom stereocenters. The largest absolute Gasteiger partial charge is 0.0799 e. The summed E-state index contributed by atoms with van der Waals surface area (Å²) in [6, 6.07) is 52.5. The molecule has 0 bridgehead atoms. The van der Waals surface area contributed by atoms with Crippen LogP contribution in [0.5, 0.6) is 0 Å². The predicted octanol–water partition coefficient (Wildman–Crippen LogP) is 7.69. The molecule has 0 spiro atoms. The van der Waals surface area contributed by atoms with Crippen molar-refractivity contribution in [3.05, 3.63) is 174 Å². The Morgan fingerprint density at radius 3 is 1.62 bits per heavy atom. The first-order valence-electron chi connectivity index (χ1n) is 15.1. The van der Waals surface area contributed by atoms with Crippen LogP contribution < -0.4 is 26.5 Å². The number of benzene rings is 5. The van der Waals surface area contributed by atoms with Gasteiger partial charge in [0.15, 0.2) is 0 Å². The molecule has 5 aromatic carbocycles. The molecule has 42 heavy (non-hydrogen) atoms. The van der Waals surface area contributed by atoms with E-state index in [1.165, 1.54) is 44.9 Å². The summed E-state index contributed by atoms with van der Waals surface area (Å²) in [7, 11) is -1.20. The van der Waals surface area contributed by atoms with E-state index in [9.17, 15) is 0 Å². The van der Waals surface area contributed by atoms with E-state index in [-0.39, 0.29) is 5.16 Å². The smallest absolute Gasteiger partial charge is 0.0266 e. The molecule has 2 heteroatoms. The Kier molecular flexibility index (Phi) is 6.79. The summed E-state index contributed by atoms with van der Waals surface area (Å²) in [4.78, 5) is 0. The Hall–Kier alpha value is -3.56. The lowest BCUT2D eigenvalue weighted by Crippen LogP contribution is -2.53. The molecule has 0 aliphatic heterocycles. The van der Waals surface area contributed by atoms with Gasteiger partial charge < -0.3 is 0 Å². The molecule has 3 aliphatic carbocycles. The van der Waals surface area contributed by atoms with Gasteiger partial charge in [-0.2, -0.15) is 0 Å². The zero-order chi connectivity index (χ0) is 27.9. The maximum absolute atomic E-state index is 2.58. The standard InChI is InChI=1S/C40H34P2/c1-5-15-33(16-6-1)41(34-17-7-2-8-18-34)39-23-13-14-30-28-31-24-25-32-26-27-40(32,38(31)29-37(30)39)42(35-19-9-3-10-20-35)36-21-11-4-12-22-36/h1-25,32H,26-29H2. The lowest BCUT2D eigenvalue weighted by Gasteiger charge is -2.58. The molecule has 1 fully saturated rings. The van der Waals surface area contributed by atoms with Gasteiger partial charge in [-0.3, -0.25) is 0 Å². The first-order chi connectivity index (χ1) is 20.8. The number of rotatable bonds is 6. The van der Waals surface area contributed by atoms with Crippen molar-refractivity contribution in [2.24, 2.45) is 5.92 Å². The lowest BCUT2D eigenvalue weighted by atomic mass is 9.62. The van der Waals surface area contributed by atoms with E-state index in [0.29, 0.717) is 5.92 Å². The molecule has 0 aromatic heterocycles. The minimum atomic E-state index is -0.647. The summed E-state index contributed by atoms with van der Waals surface area (Å²) >= 11 is 0. The van der Waals surface area contributed by atoms with Crippen LogP contribution >= 0.6 is 15.8 Å². The van der Waals surface area contributed by atoms with Crippen LogP contribution in [0.2, 0.25) is 0 Å². The average Bonchev–Trinajstić information content (AvgIpc) is 3.04. The van der Waals surface area contributed by atoms with Crippen molar-refractivity contribution in [3.8, 4) is 0 Å². The first-order valence-corrected chi connectivity index (χ1v) is 17.8. The van der Waals surface area contributed by atoms with Crippen molar-refractivity contribution in [2.45, 2.75) is 30.8 Å². The zero-order valence-electron chi connectivity index (χ0n) is 23.7. The Balaban J connectivity index is 1.29. The molecule has 5 aromatic rings. The summed E-state index contributed by atoms with van der Waals surface area (Å²) in [6.07, 6.45) is 9.77. The van der Waals surface area contributed by atoms with Crippen LogP contribution in [0, 0.1) is 5.92 Å². The van der Waals surface area contributed by atoms with E-state index in [1.807, 2.05) is 0 Å². The molecule has 0 nitrogen and oxygen atoms in total. The zero-order valence-corrected chi connectivity index (χ0v) is 25.5. The van der Waals surface area contributed by atoms with Gasteiger partial charge in [-0.05, 0) is 90.7 Å². The molecule has 0 heterocycles. The van der Waals surface area contributed by atoms with Crippen LogP contribution in [0.15, 0.2) is 163 Å². The fourth-order valence-corrected chi connectivity index (χ4v) is 13.7. The number of fused-ring (bicyclic) bond motifs is 3. The Bertz CT molecular complexity index is 1690. The minimum Gasteiger partial charge on any atom is -0.0799 e. The van der Waals surface area contributed by atoms with Crippen molar-refractivity contribution in [1.29, 1.82) is 0 Å². The third-order valence-electron chi connectivity index (χ3n) is 9.57. The van der Waals surface area contributed by atoms with E-state index in [0.717, 1.165) is 12.8 Å². The quantitative estimate of drug-likeness (QED) is 0.182. The van der Waals surface area contributed by atoms with Gasteiger partial charge in [0.1, 0.15) is 0 Å². The van der Waals surface area contributed by atoms with Gasteiger partial charge in [-0.15, -0.1) is 0 Å². The van der Waals surface area contributed by atoms with Crippen LogP contribution in [0.3, 0.4) is 0 Å². The van der Waals surface area contributed by atoms with E-state index >= 15 is 0 Å². The van der Waals surface area contributed by atoms with Gasteiger partial charge in [0.05, 0.1) is 0 Å². The van der Waals surface area contributed by atoms with Crippen LogP contribution in [-0.4, -0.2) is 5.16 Å². The van der Waals surface area contributed by atoms with Gasteiger partial charge in [0.2, 0.25) is 0 Å². The van der Waals surface area contributed by atoms with E-state index in [2.05, 4.69) is 152 Å². The maximum atomic E-state index is 2.58. The van der Waals surface area contributed by atoms with Gasteiger partial charge in [-0.25, -0.2) is 0 Å². The van der Waals surface area contributed by atoms with Crippen molar-refractivity contribution >= 4 is 42.4 Å². The minimum absolute atomic E-state index is 0.190. The molecular formula is C40H34P2. The van der Waals surface area contributed by atoms with Crippen LogP contribution in [0.1, 0.15) is 24.0 Å². The lowest BCUT2D eigenvalue weighted by molar-refractivity contribution is 0.295. The maximum Gasteiger partial charge on any atom is 0.0266 e. The first kappa shape index (κ1) is 26.1. The van der Waals surface area contributed by atoms with Gasteiger partial charge >= 0.3 is 0 Å². The van der Waals surface area contributed by atoms with E-state index in [1.54, 1.807) is 16.7 Å². The summed E-state index contributed by atoms with van der Waals surface area (Å²) in [5, 5.41) is 7.62. The topological polar surface area (TPSA) is 0 Å². The molecule has 1 saturated carbocycles. The monoisotopic (exact) mass is 576 g/mol. The Labute approximate surface area is 252 Å². The van der Waals surface area contributed by atoms with Gasteiger partial charge in [-0.1, -0.05) is 157 Å². The van der Waals surface area contributed by atoms with E-state index in [4.69, 9.17) is 0 Å². The molecule has 0 saturated heterocycles.